The van der Waals surface area contributed by atoms with Crippen molar-refractivity contribution < 1.29 is 14.0 Å². The summed E-state index contributed by atoms with van der Waals surface area (Å²) < 4.78 is 5.10. The lowest BCUT2D eigenvalue weighted by molar-refractivity contribution is 0.0953. The first-order chi connectivity index (χ1) is 13.6. The zero-order chi connectivity index (χ0) is 19.5. The third kappa shape index (κ3) is 4.17. The van der Waals surface area contributed by atoms with Crippen LogP contribution in [0.4, 0.5) is 5.69 Å². The van der Waals surface area contributed by atoms with E-state index in [0.717, 1.165) is 23.3 Å². The molecular formula is C22H22N2O3S. The molecule has 0 spiro atoms. The van der Waals surface area contributed by atoms with Gasteiger partial charge in [0.25, 0.3) is 11.8 Å². The number of carbonyl (C=O) groups is 2. The van der Waals surface area contributed by atoms with Crippen molar-refractivity contribution in [1.29, 1.82) is 0 Å². The van der Waals surface area contributed by atoms with Crippen LogP contribution in [0.2, 0.25) is 0 Å². The molecule has 3 aromatic rings. The molecule has 0 radical (unpaired) electrons. The summed E-state index contributed by atoms with van der Waals surface area (Å²) in [6.07, 6.45) is 4.80. The molecule has 28 heavy (non-hydrogen) atoms. The van der Waals surface area contributed by atoms with E-state index in [1.165, 1.54) is 23.1 Å². The second-order valence-corrected chi connectivity index (χ2v) is 8.36. The van der Waals surface area contributed by atoms with Crippen LogP contribution in [0.3, 0.4) is 0 Å². The van der Waals surface area contributed by atoms with Crippen LogP contribution in [0.15, 0.2) is 53.1 Å². The molecule has 1 aromatic carbocycles. The third-order valence-corrected chi connectivity index (χ3v) is 6.17. The van der Waals surface area contributed by atoms with Crippen LogP contribution in [0.5, 0.6) is 0 Å². The second kappa shape index (κ2) is 8.02. The van der Waals surface area contributed by atoms with E-state index in [-0.39, 0.29) is 17.6 Å². The number of carbonyl (C=O) groups excluding carboxylic acids is 2. The monoisotopic (exact) mass is 394 g/mol. The fourth-order valence-electron chi connectivity index (χ4n) is 3.45. The quantitative estimate of drug-likeness (QED) is 0.662. The fraction of sp³-hybridized carbons (Fsp3) is 0.273. The predicted octanol–water partition coefficient (Wildman–Crippen LogP) is 4.65. The van der Waals surface area contributed by atoms with Gasteiger partial charge in [-0.2, -0.15) is 0 Å². The van der Waals surface area contributed by atoms with Gasteiger partial charge in [-0.3, -0.25) is 9.59 Å². The first-order valence-electron chi connectivity index (χ1n) is 9.42. The van der Waals surface area contributed by atoms with Gasteiger partial charge in [-0.05, 0) is 66.6 Å². The molecule has 0 saturated heterocycles. The van der Waals surface area contributed by atoms with E-state index < -0.39 is 0 Å². The lowest BCUT2D eigenvalue weighted by Gasteiger charge is -2.16. The highest BCUT2D eigenvalue weighted by Crippen LogP contribution is 2.32. The zero-order valence-electron chi connectivity index (χ0n) is 15.7. The van der Waals surface area contributed by atoms with E-state index in [9.17, 15) is 9.59 Å². The van der Waals surface area contributed by atoms with Crippen LogP contribution in [0, 0.1) is 5.92 Å². The molecule has 0 saturated carbocycles. The lowest BCUT2D eigenvalue weighted by Crippen LogP contribution is -2.22. The van der Waals surface area contributed by atoms with E-state index in [2.05, 4.69) is 17.6 Å². The van der Waals surface area contributed by atoms with Gasteiger partial charge < -0.3 is 15.1 Å². The van der Waals surface area contributed by atoms with E-state index in [1.54, 1.807) is 29.5 Å². The molecule has 2 N–H and O–H groups in total. The normalized spacial score (nSPS) is 15.7. The van der Waals surface area contributed by atoms with E-state index >= 15 is 0 Å². The second-order valence-electron chi connectivity index (χ2n) is 7.22. The molecular weight excluding hydrogens is 372 g/mol. The standard InChI is InChI=1S/C22H22N2O3S/c1-14-7-8-19-16(10-14)12-20(28-19)22(26)23-13-15-4-2-5-17(11-15)24-21(25)18-6-3-9-27-18/h2-6,9,11-12,14H,7-8,10,13H2,1H3,(H,23,26)(H,24,25). The number of rotatable bonds is 5. The summed E-state index contributed by atoms with van der Waals surface area (Å²) in [4.78, 5) is 26.8. The molecule has 144 valence electrons. The summed E-state index contributed by atoms with van der Waals surface area (Å²) >= 11 is 1.61. The summed E-state index contributed by atoms with van der Waals surface area (Å²) in [6, 6.07) is 12.8. The number of aryl methyl sites for hydroxylation is 1. The van der Waals surface area contributed by atoms with Gasteiger partial charge in [-0.1, -0.05) is 19.1 Å². The molecule has 1 atom stereocenters. The summed E-state index contributed by atoms with van der Waals surface area (Å²) in [5.74, 6) is 0.605. The Balaban J connectivity index is 1.37. The maximum Gasteiger partial charge on any atom is 0.291 e. The summed E-state index contributed by atoms with van der Waals surface area (Å²) in [6.45, 7) is 2.67. The van der Waals surface area contributed by atoms with Gasteiger partial charge in [-0.15, -0.1) is 11.3 Å². The summed E-state index contributed by atoms with van der Waals surface area (Å²) in [7, 11) is 0. The van der Waals surface area contributed by atoms with Crippen LogP contribution < -0.4 is 10.6 Å². The molecule has 5 nitrogen and oxygen atoms in total. The minimum absolute atomic E-state index is 0.0444. The average Bonchev–Trinajstić information content (AvgIpc) is 3.36. The highest BCUT2D eigenvalue weighted by molar-refractivity contribution is 7.14. The predicted molar refractivity (Wildman–Crippen MR) is 110 cm³/mol. The van der Waals surface area contributed by atoms with Gasteiger partial charge in [0.1, 0.15) is 0 Å². The Hall–Kier alpha value is -2.86. The number of amides is 2. The lowest BCUT2D eigenvalue weighted by atomic mass is 9.90. The number of benzene rings is 1. The number of fused-ring (bicyclic) bond motifs is 1. The van der Waals surface area contributed by atoms with Crippen molar-refractivity contribution in [3.05, 3.63) is 75.4 Å². The molecule has 2 amide bonds. The van der Waals surface area contributed by atoms with Gasteiger partial charge in [0.05, 0.1) is 11.1 Å². The van der Waals surface area contributed by atoms with Crippen molar-refractivity contribution in [2.24, 2.45) is 5.92 Å². The molecule has 0 bridgehead atoms. The van der Waals surface area contributed by atoms with Gasteiger partial charge in [0.15, 0.2) is 5.76 Å². The highest BCUT2D eigenvalue weighted by atomic mass is 32.1. The smallest absolute Gasteiger partial charge is 0.291 e. The zero-order valence-corrected chi connectivity index (χ0v) is 16.5. The molecule has 2 heterocycles. The summed E-state index contributed by atoms with van der Waals surface area (Å²) in [5.41, 5.74) is 2.91. The van der Waals surface area contributed by atoms with E-state index in [1.807, 2.05) is 24.3 Å². The molecule has 4 rings (SSSR count). The first-order valence-corrected chi connectivity index (χ1v) is 10.2. The highest BCUT2D eigenvalue weighted by Gasteiger charge is 2.20. The number of hydrogen-bond acceptors (Lipinski definition) is 4. The van der Waals surface area contributed by atoms with Gasteiger partial charge in [-0.25, -0.2) is 0 Å². The number of nitrogens with one attached hydrogen (secondary N) is 2. The molecule has 1 aliphatic rings. The van der Waals surface area contributed by atoms with Crippen LogP contribution in [-0.4, -0.2) is 11.8 Å². The van der Waals surface area contributed by atoms with Crippen molar-refractivity contribution >= 4 is 28.8 Å². The van der Waals surface area contributed by atoms with Gasteiger partial charge in [0, 0.05) is 17.1 Å². The largest absolute Gasteiger partial charge is 0.459 e. The Labute approximate surface area is 167 Å². The van der Waals surface area contributed by atoms with Crippen molar-refractivity contribution in [2.45, 2.75) is 32.7 Å². The molecule has 1 aliphatic carbocycles. The van der Waals surface area contributed by atoms with Gasteiger partial charge >= 0.3 is 0 Å². The van der Waals surface area contributed by atoms with Crippen molar-refractivity contribution in [3.8, 4) is 0 Å². The van der Waals surface area contributed by atoms with E-state index in [4.69, 9.17) is 4.42 Å². The third-order valence-electron chi connectivity index (χ3n) is 4.94. The topological polar surface area (TPSA) is 71.3 Å². The van der Waals surface area contributed by atoms with Gasteiger partial charge in [0.2, 0.25) is 0 Å². The Morgan fingerprint density at radius 3 is 2.89 bits per heavy atom. The van der Waals surface area contributed by atoms with Crippen LogP contribution in [-0.2, 0) is 19.4 Å². The Morgan fingerprint density at radius 2 is 2.07 bits per heavy atom. The minimum atomic E-state index is -0.301. The number of furan rings is 1. The van der Waals surface area contributed by atoms with Crippen molar-refractivity contribution in [1.82, 2.24) is 5.32 Å². The average molecular weight is 394 g/mol. The number of thiophene rings is 1. The maximum atomic E-state index is 12.6. The molecule has 6 heteroatoms. The fourth-order valence-corrected chi connectivity index (χ4v) is 4.57. The maximum absolute atomic E-state index is 12.6. The number of anilines is 1. The van der Waals surface area contributed by atoms with E-state index in [0.29, 0.717) is 18.2 Å². The Morgan fingerprint density at radius 1 is 1.18 bits per heavy atom. The number of hydrogen-bond donors (Lipinski definition) is 2. The molecule has 1 unspecified atom stereocenters. The molecule has 0 aliphatic heterocycles. The molecule has 0 fully saturated rings. The van der Waals surface area contributed by atoms with Crippen LogP contribution in [0.25, 0.3) is 0 Å². The Bertz CT molecular complexity index is 991. The van der Waals surface area contributed by atoms with Crippen molar-refractivity contribution in [3.63, 3.8) is 0 Å². The summed E-state index contributed by atoms with van der Waals surface area (Å²) in [5, 5.41) is 5.78. The molecule has 2 aromatic heterocycles. The Kier molecular flexibility index (Phi) is 5.30. The SMILES string of the molecule is CC1CCc2sc(C(=O)NCc3cccc(NC(=O)c4ccco4)c3)cc2C1. The van der Waals surface area contributed by atoms with Crippen LogP contribution in [0.1, 0.15) is 49.6 Å². The van der Waals surface area contributed by atoms with Crippen molar-refractivity contribution in [2.75, 3.05) is 5.32 Å². The minimum Gasteiger partial charge on any atom is -0.459 e. The van der Waals surface area contributed by atoms with Crippen LogP contribution >= 0.6 is 11.3 Å². The first kappa shape index (κ1) is 18.5.